The van der Waals surface area contributed by atoms with Gasteiger partial charge in [-0.05, 0) is 25.1 Å². The molecule has 7 nitrogen and oxygen atoms in total. The molecule has 1 aromatic heterocycles. The van der Waals surface area contributed by atoms with Crippen LogP contribution < -0.4 is 10.1 Å². The summed E-state index contributed by atoms with van der Waals surface area (Å²) in [6.07, 6.45) is 0.0649. The van der Waals surface area contributed by atoms with Crippen LogP contribution in [0.15, 0.2) is 18.2 Å². The number of ketones is 1. The molecule has 2 heterocycles. The highest BCUT2D eigenvalue weighted by Gasteiger charge is 2.34. The molecule has 1 aliphatic rings. The minimum absolute atomic E-state index is 0.0411. The van der Waals surface area contributed by atoms with Crippen LogP contribution in [0.2, 0.25) is 0 Å². The average molecular weight is 301 g/mol. The van der Waals surface area contributed by atoms with Crippen molar-refractivity contribution in [3.63, 3.8) is 0 Å². The number of aromatic hydroxyl groups is 1. The zero-order chi connectivity index (χ0) is 15.9. The molecule has 114 valence electrons. The van der Waals surface area contributed by atoms with Crippen LogP contribution in [0.25, 0.3) is 0 Å². The van der Waals surface area contributed by atoms with Crippen LogP contribution in [0, 0.1) is 6.92 Å². The van der Waals surface area contributed by atoms with Crippen LogP contribution in [0.5, 0.6) is 11.5 Å². The molecule has 1 aromatic carbocycles. The minimum atomic E-state index is -0.600. The van der Waals surface area contributed by atoms with Crippen LogP contribution in [0.1, 0.15) is 34.0 Å². The zero-order valence-corrected chi connectivity index (χ0v) is 12.1. The lowest BCUT2D eigenvalue weighted by molar-refractivity contribution is -0.116. The van der Waals surface area contributed by atoms with Crippen molar-refractivity contribution in [1.29, 1.82) is 0 Å². The molecule has 0 aliphatic carbocycles. The summed E-state index contributed by atoms with van der Waals surface area (Å²) in [6.45, 7) is 1.81. The number of aryl methyl sites for hydroxylation is 1. The predicted molar refractivity (Wildman–Crippen MR) is 78.3 cm³/mol. The van der Waals surface area contributed by atoms with E-state index < -0.39 is 5.92 Å². The van der Waals surface area contributed by atoms with Gasteiger partial charge >= 0.3 is 0 Å². The molecule has 0 spiro atoms. The summed E-state index contributed by atoms with van der Waals surface area (Å²) in [7, 11) is 1.41. The lowest BCUT2D eigenvalue weighted by Gasteiger charge is -2.21. The molecule has 2 aromatic rings. The Morgan fingerprint density at radius 2 is 2.23 bits per heavy atom. The second-order valence-electron chi connectivity index (χ2n) is 5.17. The van der Waals surface area contributed by atoms with Crippen molar-refractivity contribution in [3.8, 4) is 11.5 Å². The third-order valence-corrected chi connectivity index (χ3v) is 3.77. The normalized spacial score (nSPS) is 16.8. The van der Waals surface area contributed by atoms with E-state index >= 15 is 0 Å². The molecule has 22 heavy (non-hydrogen) atoms. The number of ether oxygens (including phenoxy) is 1. The van der Waals surface area contributed by atoms with Crippen LogP contribution >= 0.6 is 0 Å². The van der Waals surface area contributed by atoms with Gasteiger partial charge < -0.3 is 15.2 Å². The van der Waals surface area contributed by atoms with Crippen molar-refractivity contribution in [3.05, 3.63) is 35.0 Å². The van der Waals surface area contributed by atoms with Crippen LogP contribution in [0.4, 0.5) is 5.82 Å². The first kappa shape index (κ1) is 14.1. The monoisotopic (exact) mass is 301 g/mol. The first-order valence-corrected chi connectivity index (χ1v) is 6.77. The van der Waals surface area contributed by atoms with Crippen LogP contribution in [0.3, 0.4) is 0 Å². The molecular formula is C15H15N3O4. The number of phenolic OH excluding ortho intramolecular Hbond substituents is 1. The minimum Gasteiger partial charge on any atom is -0.504 e. The summed E-state index contributed by atoms with van der Waals surface area (Å²) in [5, 5.41) is 19.1. The Bertz CT molecular complexity index is 766. The number of benzene rings is 1. The fourth-order valence-electron chi connectivity index (χ4n) is 2.69. The van der Waals surface area contributed by atoms with Gasteiger partial charge in [0.1, 0.15) is 0 Å². The summed E-state index contributed by atoms with van der Waals surface area (Å²) < 4.78 is 5.02. The fraction of sp³-hybridized carbons (Fsp3) is 0.267. The summed E-state index contributed by atoms with van der Waals surface area (Å²) >= 11 is 0. The zero-order valence-electron chi connectivity index (χ0n) is 12.1. The van der Waals surface area contributed by atoms with E-state index in [1.807, 2.05) is 0 Å². The third kappa shape index (κ3) is 2.20. The Morgan fingerprint density at radius 3 is 2.95 bits per heavy atom. The van der Waals surface area contributed by atoms with E-state index in [2.05, 4.69) is 15.5 Å². The number of nitrogens with zero attached hydrogens (tertiary/aromatic N) is 1. The molecule has 3 N–H and O–H groups in total. The maximum absolute atomic E-state index is 12.8. The maximum atomic E-state index is 12.8. The average Bonchev–Trinajstić information content (AvgIpc) is 2.87. The predicted octanol–water partition coefficient (Wildman–Crippen LogP) is 1.74. The first-order chi connectivity index (χ1) is 10.5. The van der Waals surface area contributed by atoms with Gasteiger partial charge in [-0.1, -0.05) is 0 Å². The number of carbonyl (C=O) groups is 2. The van der Waals surface area contributed by atoms with Gasteiger partial charge in [0.25, 0.3) is 0 Å². The molecule has 0 saturated carbocycles. The number of hydrogen-bond donors (Lipinski definition) is 3. The summed E-state index contributed by atoms with van der Waals surface area (Å²) in [4.78, 5) is 24.6. The number of Topliss-reactive ketones (excluding diaryl/α,β-unsaturated/α-hetero) is 1. The molecule has 7 heteroatoms. The number of phenols is 1. The van der Waals surface area contributed by atoms with Crippen molar-refractivity contribution in [1.82, 2.24) is 10.2 Å². The first-order valence-electron chi connectivity index (χ1n) is 6.77. The van der Waals surface area contributed by atoms with E-state index in [0.29, 0.717) is 16.9 Å². The summed E-state index contributed by atoms with van der Waals surface area (Å²) in [5.41, 5.74) is 1.83. The van der Waals surface area contributed by atoms with Gasteiger partial charge in [-0.2, -0.15) is 5.10 Å². The Morgan fingerprint density at radius 1 is 1.45 bits per heavy atom. The highest BCUT2D eigenvalue weighted by atomic mass is 16.5. The molecule has 1 aliphatic heterocycles. The van der Waals surface area contributed by atoms with Gasteiger partial charge in [0.2, 0.25) is 5.91 Å². The van der Waals surface area contributed by atoms with Crippen LogP contribution in [-0.2, 0) is 4.79 Å². The third-order valence-electron chi connectivity index (χ3n) is 3.77. The number of fused-ring (bicyclic) bond motifs is 1. The van der Waals surface area contributed by atoms with Gasteiger partial charge in [-0.3, -0.25) is 14.7 Å². The van der Waals surface area contributed by atoms with E-state index in [-0.39, 0.29) is 29.6 Å². The Hall–Kier alpha value is -2.83. The lowest BCUT2D eigenvalue weighted by Crippen LogP contribution is -2.27. The molecule has 0 saturated heterocycles. The molecule has 1 atom stereocenters. The Labute approximate surface area is 126 Å². The molecule has 0 bridgehead atoms. The molecule has 3 rings (SSSR count). The lowest BCUT2D eigenvalue weighted by atomic mass is 9.85. The van der Waals surface area contributed by atoms with Crippen molar-refractivity contribution in [2.24, 2.45) is 0 Å². The molecule has 1 unspecified atom stereocenters. The quantitative estimate of drug-likeness (QED) is 0.749. The van der Waals surface area contributed by atoms with Gasteiger partial charge in [0, 0.05) is 23.2 Å². The topological polar surface area (TPSA) is 104 Å². The standard InChI is InChI=1S/C15H15N3O4/c1-7-13-9(6-12(20)16-15(13)18-17-7)14(21)8-3-4-10(19)11(5-8)22-2/h3-5,9,19H,6H2,1-2H3,(H2,16,17,18,20). The van der Waals surface area contributed by atoms with Crippen molar-refractivity contribution < 1.29 is 19.4 Å². The van der Waals surface area contributed by atoms with Gasteiger partial charge in [-0.15, -0.1) is 0 Å². The largest absolute Gasteiger partial charge is 0.504 e. The number of hydrogen-bond acceptors (Lipinski definition) is 5. The number of H-pyrrole nitrogens is 1. The second kappa shape index (κ2) is 5.18. The number of amides is 1. The maximum Gasteiger partial charge on any atom is 0.226 e. The number of carbonyl (C=O) groups excluding carboxylic acids is 2. The van der Waals surface area contributed by atoms with Crippen molar-refractivity contribution in [2.75, 3.05) is 12.4 Å². The highest BCUT2D eigenvalue weighted by molar-refractivity contribution is 6.08. The number of rotatable bonds is 3. The molecule has 0 fully saturated rings. The Kier molecular flexibility index (Phi) is 3.32. The number of aromatic nitrogens is 2. The molecular weight excluding hydrogens is 286 g/mol. The van der Waals surface area contributed by atoms with E-state index in [9.17, 15) is 14.7 Å². The van der Waals surface area contributed by atoms with E-state index in [4.69, 9.17) is 4.74 Å². The number of anilines is 1. The van der Waals surface area contributed by atoms with E-state index in [1.54, 1.807) is 6.92 Å². The van der Waals surface area contributed by atoms with E-state index in [0.717, 1.165) is 5.69 Å². The number of methoxy groups -OCH3 is 1. The van der Waals surface area contributed by atoms with E-state index in [1.165, 1.54) is 25.3 Å². The van der Waals surface area contributed by atoms with Crippen molar-refractivity contribution >= 4 is 17.5 Å². The summed E-state index contributed by atoms with van der Waals surface area (Å²) in [5.74, 6) is -0.479. The molecule has 1 amide bonds. The Balaban J connectivity index is 2.02. The van der Waals surface area contributed by atoms with Gasteiger partial charge in [0.05, 0.1) is 13.0 Å². The fourth-order valence-corrected chi connectivity index (χ4v) is 2.69. The van der Waals surface area contributed by atoms with Crippen molar-refractivity contribution in [2.45, 2.75) is 19.3 Å². The smallest absolute Gasteiger partial charge is 0.226 e. The highest BCUT2D eigenvalue weighted by Crippen LogP contribution is 2.36. The summed E-state index contributed by atoms with van der Waals surface area (Å²) in [6, 6.07) is 4.39. The molecule has 0 radical (unpaired) electrons. The number of aromatic amines is 1. The second-order valence-corrected chi connectivity index (χ2v) is 5.17. The van der Waals surface area contributed by atoms with Gasteiger partial charge in [0.15, 0.2) is 23.1 Å². The number of nitrogens with one attached hydrogen (secondary N) is 2. The SMILES string of the molecule is COc1cc(C(=O)C2CC(=O)Nc3n[nH]c(C)c32)ccc1O. The van der Waals surface area contributed by atoms with Gasteiger partial charge in [-0.25, -0.2) is 0 Å². The van der Waals surface area contributed by atoms with Crippen LogP contribution in [-0.4, -0.2) is 34.1 Å².